The highest BCUT2D eigenvalue weighted by molar-refractivity contribution is 6.30. The number of aromatic nitrogens is 2. The molecular formula is C21H31ClN6O2. The van der Waals surface area contributed by atoms with Crippen molar-refractivity contribution in [3.63, 3.8) is 0 Å². The van der Waals surface area contributed by atoms with Crippen LogP contribution in [-0.2, 0) is 11.2 Å². The number of benzene rings is 1. The number of aliphatic imine (C=N–C) groups is 1. The molecule has 2 heterocycles. The first kappa shape index (κ1) is 22.5. The summed E-state index contributed by atoms with van der Waals surface area (Å²) in [6.07, 6.45) is 0.603. The molecule has 1 atom stereocenters. The zero-order chi connectivity index (χ0) is 21.3. The van der Waals surface area contributed by atoms with Gasteiger partial charge in [-0.25, -0.2) is 0 Å². The molecule has 3 rings (SSSR count). The molecule has 30 heavy (non-hydrogen) atoms. The van der Waals surface area contributed by atoms with E-state index in [4.69, 9.17) is 20.9 Å². The number of hydrogen-bond acceptors (Lipinski definition) is 6. The second kappa shape index (κ2) is 11.3. The van der Waals surface area contributed by atoms with Crippen molar-refractivity contribution in [1.82, 2.24) is 25.7 Å². The predicted molar refractivity (Wildman–Crippen MR) is 119 cm³/mol. The first-order chi connectivity index (χ1) is 14.6. The molecule has 1 unspecified atom stereocenters. The summed E-state index contributed by atoms with van der Waals surface area (Å²) in [6, 6.07) is 7.84. The van der Waals surface area contributed by atoms with E-state index >= 15 is 0 Å². The summed E-state index contributed by atoms with van der Waals surface area (Å²) in [4.78, 5) is 11.3. The number of nitrogens with one attached hydrogen (secondary N) is 2. The molecule has 164 valence electrons. The van der Waals surface area contributed by atoms with Crippen molar-refractivity contribution in [3.05, 3.63) is 35.2 Å². The fraction of sp³-hybridized carbons (Fsp3) is 0.571. The van der Waals surface area contributed by atoms with Crippen LogP contribution in [-0.4, -0.2) is 73.5 Å². The van der Waals surface area contributed by atoms with Crippen molar-refractivity contribution in [2.45, 2.75) is 26.3 Å². The standard InChI is InChI=1S/C21H31ClN6O2/c1-15(2)18(28-9-11-29-12-10-28)14-25-21(23-3)24-8-7-19-26-20(27-30-19)16-5-4-6-17(22)13-16/h4-6,13,15,18H,7-12,14H2,1-3H3,(H2,23,24,25). The van der Waals surface area contributed by atoms with E-state index < -0.39 is 0 Å². The molecule has 9 heteroatoms. The van der Waals surface area contributed by atoms with E-state index in [2.05, 4.69) is 44.5 Å². The monoisotopic (exact) mass is 434 g/mol. The Kier molecular flexibility index (Phi) is 8.48. The highest BCUT2D eigenvalue weighted by atomic mass is 35.5. The molecule has 1 saturated heterocycles. The Morgan fingerprint density at radius 3 is 2.77 bits per heavy atom. The van der Waals surface area contributed by atoms with E-state index in [1.165, 1.54) is 0 Å². The number of ether oxygens (including phenoxy) is 1. The first-order valence-electron chi connectivity index (χ1n) is 10.4. The van der Waals surface area contributed by atoms with Crippen LogP contribution in [0.4, 0.5) is 0 Å². The minimum absolute atomic E-state index is 0.434. The lowest BCUT2D eigenvalue weighted by atomic mass is 10.0. The van der Waals surface area contributed by atoms with Crippen molar-refractivity contribution in [2.24, 2.45) is 10.9 Å². The third-order valence-corrected chi connectivity index (χ3v) is 5.40. The molecule has 0 spiro atoms. The fourth-order valence-corrected chi connectivity index (χ4v) is 3.70. The van der Waals surface area contributed by atoms with E-state index in [-0.39, 0.29) is 0 Å². The number of halogens is 1. The molecule has 0 bridgehead atoms. The van der Waals surface area contributed by atoms with Crippen LogP contribution < -0.4 is 10.6 Å². The molecule has 1 aliphatic heterocycles. The van der Waals surface area contributed by atoms with Crippen molar-refractivity contribution >= 4 is 17.6 Å². The summed E-state index contributed by atoms with van der Waals surface area (Å²) in [7, 11) is 1.78. The van der Waals surface area contributed by atoms with Gasteiger partial charge in [-0.05, 0) is 18.1 Å². The van der Waals surface area contributed by atoms with Gasteiger partial charge in [0, 0.05) is 56.3 Å². The van der Waals surface area contributed by atoms with E-state index in [1.807, 2.05) is 24.3 Å². The van der Waals surface area contributed by atoms with Gasteiger partial charge in [0.2, 0.25) is 11.7 Å². The Bertz CT molecular complexity index is 819. The predicted octanol–water partition coefficient (Wildman–Crippen LogP) is 2.45. The molecule has 2 N–H and O–H groups in total. The SMILES string of the molecule is CN=C(NCCc1nc(-c2cccc(Cl)c2)no1)NCC(C(C)C)N1CCOCC1. The van der Waals surface area contributed by atoms with Gasteiger partial charge in [-0.2, -0.15) is 4.98 Å². The second-order valence-electron chi connectivity index (χ2n) is 7.61. The molecule has 1 aromatic heterocycles. The van der Waals surface area contributed by atoms with Crippen molar-refractivity contribution in [1.29, 1.82) is 0 Å². The van der Waals surface area contributed by atoms with Crippen molar-refractivity contribution < 1.29 is 9.26 Å². The number of nitrogens with zero attached hydrogens (tertiary/aromatic N) is 4. The van der Waals surface area contributed by atoms with Crippen LogP contribution in [0.3, 0.4) is 0 Å². The quantitative estimate of drug-likeness (QED) is 0.487. The summed E-state index contributed by atoms with van der Waals surface area (Å²) in [6.45, 7) is 9.54. The minimum Gasteiger partial charge on any atom is -0.379 e. The normalized spacial score (nSPS) is 16.6. The third kappa shape index (κ3) is 6.42. The average molecular weight is 435 g/mol. The molecule has 0 saturated carbocycles. The van der Waals surface area contributed by atoms with Gasteiger partial charge in [-0.1, -0.05) is 42.7 Å². The summed E-state index contributed by atoms with van der Waals surface area (Å²) in [5, 5.41) is 11.5. The van der Waals surface area contributed by atoms with Gasteiger partial charge < -0.3 is 19.9 Å². The molecule has 2 aromatic rings. The van der Waals surface area contributed by atoms with Crippen LogP contribution >= 0.6 is 11.6 Å². The lowest BCUT2D eigenvalue weighted by Gasteiger charge is -2.37. The molecule has 8 nitrogen and oxygen atoms in total. The lowest BCUT2D eigenvalue weighted by molar-refractivity contribution is 0.00752. The molecule has 0 radical (unpaired) electrons. The van der Waals surface area contributed by atoms with E-state index in [0.717, 1.165) is 44.4 Å². The van der Waals surface area contributed by atoms with Crippen LogP contribution in [0.25, 0.3) is 11.4 Å². The lowest BCUT2D eigenvalue weighted by Crippen LogP contribution is -2.52. The van der Waals surface area contributed by atoms with Gasteiger partial charge >= 0.3 is 0 Å². The summed E-state index contributed by atoms with van der Waals surface area (Å²) >= 11 is 6.03. The highest BCUT2D eigenvalue weighted by Crippen LogP contribution is 2.20. The van der Waals surface area contributed by atoms with Crippen molar-refractivity contribution in [2.75, 3.05) is 46.4 Å². The van der Waals surface area contributed by atoms with Gasteiger partial charge in [0.15, 0.2) is 5.96 Å². The Hall–Kier alpha value is -2.16. The van der Waals surface area contributed by atoms with Crippen molar-refractivity contribution in [3.8, 4) is 11.4 Å². The average Bonchev–Trinajstić information content (AvgIpc) is 3.22. The minimum atomic E-state index is 0.434. The zero-order valence-corrected chi connectivity index (χ0v) is 18.7. The van der Waals surface area contributed by atoms with Gasteiger partial charge in [-0.15, -0.1) is 0 Å². The Morgan fingerprint density at radius 1 is 1.27 bits per heavy atom. The first-order valence-corrected chi connectivity index (χ1v) is 10.8. The van der Waals surface area contributed by atoms with E-state index in [1.54, 1.807) is 7.05 Å². The van der Waals surface area contributed by atoms with Crippen LogP contribution in [0.5, 0.6) is 0 Å². The largest absolute Gasteiger partial charge is 0.379 e. The van der Waals surface area contributed by atoms with Crippen LogP contribution in [0, 0.1) is 5.92 Å². The van der Waals surface area contributed by atoms with E-state index in [9.17, 15) is 0 Å². The van der Waals surface area contributed by atoms with Crippen LogP contribution in [0.2, 0.25) is 5.02 Å². The second-order valence-corrected chi connectivity index (χ2v) is 8.05. The highest BCUT2D eigenvalue weighted by Gasteiger charge is 2.23. The number of hydrogen-bond donors (Lipinski definition) is 2. The summed E-state index contributed by atoms with van der Waals surface area (Å²) in [5.74, 6) is 2.42. The van der Waals surface area contributed by atoms with Gasteiger partial charge in [0.05, 0.1) is 13.2 Å². The molecule has 0 aliphatic carbocycles. The Labute approximate surface area is 183 Å². The van der Waals surface area contributed by atoms with E-state index in [0.29, 0.717) is 41.7 Å². The van der Waals surface area contributed by atoms with Gasteiger partial charge in [0.1, 0.15) is 0 Å². The van der Waals surface area contributed by atoms with Crippen LogP contribution in [0.15, 0.2) is 33.8 Å². The maximum Gasteiger partial charge on any atom is 0.228 e. The zero-order valence-electron chi connectivity index (χ0n) is 17.9. The maximum absolute atomic E-state index is 6.03. The topological polar surface area (TPSA) is 87.8 Å². The van der Waals surface area contributed by atoms with Gasteiger partial charge in [-0.3, -0.25) is 9.89 Å². The summed E-state index contributed by atoms with van der Waals surface area (Å²) < 4.78 is 10.8. The number of rotatable bonds is 8. The fourth-order valence-electron chi connectivity index (χ4n) is 3.51. The molecule has 1 aromatic carbocycles. The Morgan fingerprint density at radius 2 is 2.07 bits per heavy atom. The maximum atomic E-state index is 6.03. The molecule has 1 aliphatic rings. The molecule has 0 amide bonds. The molecule has 1 fully saturated rings. The number of morpholine rings is 1. The Balaban J connectivity index is 1.46. The molecular weight excluding hydrogens is 404 g/mol. The van der Waals surface area contributed by atoms with Crippen LogP contribution in [0.1, 0.15) is 19.7 Å². The van der Waals surface area contributed by atoms with Gasteiger partial charge in [0.25, 0.3) is 0 Å². The number of guanidine groups is 1. The summed E-state index contributed by atoms with van der Waals surface area (Å²) in [5.41, 5.74) is 0.839. The third-order valence-electron chi connectivity index (χ3n) is 5.17. The smallest absolute Gasteiger partial charge is 0.228 e.